The standard InChI is InChI=1S/C11H10FNO/c12-11-6-3-5-10(8-11)4-1-2-7-13-9-14/h1-3,5-6,8H,4,7H2/b2-1-. The molecule has 0 aliphatic carbocycles. The topological polar surface area (TPSA) is 29.4 Å². The van der Waals surface area contributed by atoms with Crippen molar-refractivity contribution >= 4 is 6.08 Å². The fourth-order valence-corrected chi connectivity index (χ4v) is 1.05. The normalized spacial score (nSPS) is 10.1. The molecule has 0 radical (unpaired) electrons. The van der Waals surface area contributed by atoms with Crippen LogP contribution in [-0.2, 0) is 11.2 Å². The van der Waals surface area contributed by atoms with Crippen molar-refractivity contribution in [3.8, 4) is 0 Å². The van der Waals surface area contributed by atoms with Gasteiger partial charge in [0.25, 0.3) is 0 Å². The molecule has 0 unspecified atom stereocenters. The van der Waals surface area contributed by atoms with E-state index in [4.69, 9.17) is 0 Å². The molecule has 0 saturated heterocycles. The van der Waals surface area contributed by atoms with Crippen LogP contribution < -0.4 is 0 Å². The molecule has 0 aliphatic rings. The lowest BCUT2D eigenvalue weighted by Gasteiger charge is -1.94. The van der Waals surface area contributed by atoms with Crippen LogP contribution in [0, 0.1) is 5.82 Å². The second-order valence-corrected chi connectivity index (χ2v) is 2.74. The van der Waals surface area contributed by atoms with Crippen LogP contribution in [0.15, 0.2) is 41.4 Å². The Morgan fingerprint density at radius 3 is 3.00 bits per heavy atom. The maximum atomic E-state index is 12.7. The zero-order valence-electron chi connectivity index (χ0n) is 7.61. The zero-order valence-corrected chi connectivity index (χ0v) is 7.61. The number of halogens is 1. The van der Waals surface area contributed by atoms with Crippen molar-refractivity contribution in [1.29, 1.82) is 0 Å². The average molecular weight is 191 g/mol. The van der Waals surface area contributed by atoms with E-state index < -0.39 is 0 Å². The van der Waals surface area contributed by atoms with E-state index in [2.05, 4.69) is 4.99 Å². The Balaban J connectivity index is 2.45. The molecule has 1 rings (SSSR count). The van der Waals surface area contributed by atoms with Gasteiger partial charge in [-0.15, -0.1) is 0 Å². The Morgan fingerprint density at radius 1 is 1.43 bits per heavy atom. The molecule has 14 heavy (non-hydrogen) atoms. The van der Waals surface area contributed by atoms with E-state index in [1.807, 2.05) is 12.1 Å². The van der Waals surface area contributed by atoms with E-state index in [1.54, 1.807) is 12.1 Å². The molecule has 0 N–H and O–H groups in total. The van der Waals surface area contributed by atoms with Crippen LogP contribution in [0.2, 0.25) is 0 Å². The summed E-state index contributed by atoms with van der Waals surface area (Å²) < 4.78 is 12.7. The van der Waals surface area contributed by atoms with Gasteiger partial charge in [-0.1, -0.05) is 24.3 Å². The summed E-state index contributed by atoms with van der Waals surface area (Å²) in [6.45, 7) is 0.332. The number of hydrogen-bond donors (Lipinski definition) is 0. The molecule has 72 valence electrons. The van der Waals surface area contributed by atoms with Crippen molar-refractivity contribution < 1.29 is 9.18 Å². The van der Waals surface area contributed by atoms with E-state index in [0.29, 0.717) is 13.0 Å². The lowest BCUT2D eigenvalue weighted by Crippen LogP contribution is -1.82. The van der Waals surface area contributed by atoms with Crippen molar-refractivity contribution in [2.45, 2.75) is 6.42 Å². The van der Waals surface area contributed by atoms with Gasteiger partial charge in [0, 0.05) is 0 Å². The average Bonchev–Trinajstić information content (AvgIpc) is 2.18. The third-order valence-corrected chi connectivity index (χ3v) is 1.67. The molecule has 1 aromatic carbocycles. The van der Waals surface area contributed by atoms with Gasteiger partial charge in [0.2, 0.25) is 6.08 Å². The van der Waals surface area contributed by atoms with Crippen LogP contribution in [-0.4, -0.2) is 12.6 Å². The van der Waals surface area contributed by atoms with Gasteiger partial charge in [-0.2, -0.15) is 0 Å². The summed E-state index contributed by atoms with van der Waals surface area (Å²) in [5, 5.41) is 0. The van der Waals surface area contributed by atoms with Crippen LogP contribution in [0.4, 0.5) is 4.39 Å². The molecule has 0 aromatic heterocycles. The minimum Gasteiger partial charge on any atom is -0.211 e. The van der Waals surface area contributed by atoms with Gasteiger partial charge < -0.3 is 0 Å². The van der Waals surface area contributed by atoms with Crippen molar-refractivity contribution in [2.75, 3.05) is 6.54 Å². The SMILES string of the molecule is O=C=NC/C=C\Cc1cccc(F)c1. The summed E-state index contributed by atoms with van der Waals surface area (Å²) in [5.41, 5.74) is 0.899. The van der Waals surface area contributed by atoms with Crippen LogP contribution in [0.25, 0.3) is 0 Å². The van der Waals surface area contributed by atoms with Crippen LogP contribution >= 0.6 is 0 Å². The summed E-state index contributed by atoms with van der Waals surface area (Å²) in [7, 11) is 0. The molecule has 3 heteroatoms. The van der Waals surface area contributed by atoms with Crippen LogP contribution in [0.5, 0.6) is 0 Å². The Bertz CT molecular complexity index is 367. The van der Waals surface area contributed by atoms with Crippen molar-refractivity contribution in [3.05, 3.63) is 47.8 Å². The van der Waals surface area contributed by atoms with Gasteiger partial charge in [-0.25, -0.2) is 14.2 Å². The number of aliphatic imine (C=N–C) groups is 1. The molecule has 0 spiro atoms. The fraction of sp³-hybridized carbons (Fsp3) is 0.182. The third-order valence-electron chi connectivity index (χ3n) is 1.67. The number of benzene rings is 1. The first-order chi connectivity index (χ1) is 6.83. The zero-order chi connectivity index (χ0) is 10.2. The van der Waals surface area contributed by atoms with Crippen molar-refractivity contribution in [3.63, 3.8) is 0 Å². The highest BCUT2D eigenvalue weighted by atomic mass is 19.1. The first-order valence-corrected chi connectivity index (χ1v) is 4.26. The summed E-state index contributed by atoms with van der Waals surface area (Å²) in [6, 6.07) is 6.40. The molecule has 0 amide bonds. The molecule has 0 bridgehead atoms. The Kier molecular flexibility index (Phi) is 4.32. The van der Waals surface area contributed by atoms with Gasteiger partial charge in [-0.05, 0) is 24.1 Å². The van der Waals surface area contributed by atoms with Crippen LogP contribution in [0.1, 0.15) is 5.56 Å². The maximum Gasteiger partial charge on any atom is 0.235 e. The predicted molar refractivity (Wildman–Crippen MR) is 52.2 cm³/mol. The number of allylic oxidation sites excluding steroid dienone is 1. The minimum atomic E-state index is -0.234. The summed E-state index contributed by atoms with van der Waals surface area (Å²) in [4.78, 5) is 13.1. The summed E-state index contributed by atoms with van der Waals surface area (Å²) >= 11 is 0. The highest BCUT2D eigenvalue weighted by Crippen LogP contribution is 2.04. The van der Waals surface area contributed by atoms with Crippen molar-refractivity contribution in [1.82, 2.24) is 0 Å². The molecule has 1 aromatic rings. The molecule has 2 nitrogen and oxygen atoms in total. The number of carbonyl (C=O) groups excluding carboxylic acids is 1. The Hall–Kier alpha value is -1.73. The van der Waals surface area contributed by atoms with E-state index >= 15 is 0 Å². The highest BCUT2D eigenvalue weighted by molar-refractivity contribution is 5.33. The molecule has 0 saturated carbocycles. The van der Waals surface area contributed by atoms with Gasteiger partial charge in [0.05, 0.1) is 6.54 Å². The molecular formula is C11H10FNO. The lowest BCUT2D eigenvalue weighted by molar-refractivity contribution is 0.564. The van der Waals surface area contributed by atoms with Crippen molar-refractivity contribution in [2.24, 2.45) is 4.99 Å². The molecule has 0 fully saturated rings. The van der Waals surface area contributed by atoms with Gasteiger partial charge in [0.1, 0.15) is 5.82 Å². The second-order valence-electron chi connectivity index (χ2n) is 2.74. The molecule has 0 heterocycles. The maximum absolute atomic E-state index is 12.7. The van der Waals surface area contributed by atoms with Gasteiger partial charge >= 0.3 is 0 Å². The van der Waals surface area contributed by atoms with E-state index in [0.717, 1.165) is 5.56 Å². The lowest BCUT2D eigenvalue weighted by atomic mass is 10.1. The first-order valence-electron chi connectivity index (χ1n) is 4.26. The number of nitrogens with zero attached hydrogens (tertiary/aromatic N) is 1. The minimum absolute atomic E-state index is 0.234. The molecular weight excluding hydrogens is 181 g/mol. The van der Waals surface area contributed by atoms with Crippen LogP contribution in [0.3, 0.4) is 0 Å². The molecule has 0 aliphatic heterocycles. The Labute approximate surface area is 81.8 Å². The predicted octanol–water partition coefficient (Wildman–Crippen LogP) is 2.26. The first kappa shape index (κ1) is 10.4. The fourth-order valence-electron chi connectivity index (χ4n) is 1.05. The third kappa shape index (κ3) is 3.78. The van der Waals surface area contributed by atoms with E-state index in [-0.39, 0.29) is 5.82 Å². The smallest absolute Gasteiger partial charge is 0.211 e. The van der Waals surface area contributed by atoms with Gasteiger partial charge in [0.15, 0.2) is 0 Å². The molecule has 0 atom stereocenters. The number of isocyanates is 1. The number of hydrogen-bond acceptors (Lipinski definition) is 2. The monoisotopic (exact) mass is 191 g/mol. The summed E-state index contributed by atoms with van der Waals surface area (Å²) in [6.07, 6.45) is 5.67. The summed E-state index contributed by atoms with van der Waals surface area (Å²) in [5.74, 6) is -0.234. The van der Waals surface area contributed by atoms with E-state index in [1.165, 1.54) is 18.2 Å². The number of rotatable bonds is 4. The van der Waals surface area contributed by atoms with Gasteiger partial charge in [-0.3, -0.25) is 0 Å². The second kappa shape index (κ2) is 5.84. The highest BCUT2D eigenvalue weighted by Gasteiger charge is 1.91. The largest absolute Gasteiger partial charge is 0.235 e. The Morgan fingerprint density at radius 2 is 2.29 bits per heavy atom. The van der Waals surface area contributed by atoms with E-state index in [9.17, 15) is 9.18 Å². The quantitative estimate of drug-likeness (QED) is 0.407.